The summed E-state index contributed by atoms with van der Waals surface area (Å²) in [4.78, 5) is 14.3. The van der Waals surface area contributed by atoms with Gasteiger partial charge in [0.15, 0.2) is 5.79 Å². The van der Waals surface area contributed by atoms with Crippen molar-refractivity contribution in [1.82, 2.24) is 9.21 Å². The molecule has 2 heterocycles. The number of benzene rings is 1. The van der Waals surface area contributed by atoms with Crippen LogP contribution in [0, 0.1) is 0 Å². The summed E-state index contributed by atoms with van der Waals surface area (Å²) in [5.41, 5.74) is 0.394. The van der Waals surface area contributed by atoms with Gasteiger partial charge in [-0.3, -0.25) is 4.79 Å². The number of nitrogens with zero attached hydrogens (tertiary/aromatic N) is 2. The average Bonchev–Trinajstić information content (AvgIpc) is 3.11. The summed E-state index contributed by atoms with van der Waals surface area (Å²) in [6.45, 7) is 6.77. The Hall–Kier alpha value is -1.48. The van der Waals surface area contributed by atoms with Crippen LogP contribution in [0.1, 0.15) is 37.0 Å². The molecule has 1 aromatic rings. The molecule has 1 amide bonds. The second-order valence-electron chi connectivity index (χ2n) is 6.52. The third-order valence-corrected chi connectivity index (χ3v) is 6.96. The molecule has 0 aliphatic carbocycles. The molecule has 0 saturated carbocycles. The van der Waals surface area contributed by atoms with E-state index in [-0.39, 0.29) is 10.8 Å². The third kappa shape index (κ3) is 3.64. The van der Waals surface area contributed by atoms with E-state index in [2.05, 4.69) is 0 Å². The first-order valence-corrected chi connectivity index (χ1v) is 10.5. The van der Waals surface area contributed by atoms with Gasteiger partial charge in [0.05, 0.1) is 18.1 Å². The zero-order chi connectivity index (χ0) is 18.8. The van der Waals surface area contributed by atoms with E-state index in [9.17, 15) is 13.2 Å². The van der Waals surface area contributed by atoms with Gasteiger partial charge in [-0.1, -0.05) is 6.07 Å². The predicted octanol–water partition coefficient (Wildman–Crippen LogP) is 1.70. The smallest absolute Gasteiger partial charge is 0.253 e. The van der Waals surface area contributed by atoms with Crippen LogP contribution in [0.15, 0.2) is 29.2 Å². The Morgan fingerprint density at radius 1 is 1.15 bits per heavy atom. The van der Waals surface area contributed by atoms with E-state index in [0.29, 0.717) is 57.8 Å². The molecule has 7 nitrogen and oxygen atoms in total. The maximum Gasteiger partial charge on any atom is 0.253 e. The molecule has 1 spiro atoms. The van der Waals surface area contributed by atoms with Crippen molar-refractivity contribution in [3.63, 3.8) is 0 Å². The third-order valence-electron chi connectivity index (χ3n) is 5.07. The van der Waals surface area contributed by atoms with Crippen LogP contribution in [-0.4, -0.2) is 68.7 Å². The van der Waals surface area contributed by atoms with E-state index in [1.165, 1.54) is 10.4 Å². The molecule has 2 fully saturated rings. The Kier molecular flexibility index (Phi) is 5.67. The number of carbonyl (C=O) groups excluding carboxylic acids is 1. The van der Waals surface area contributed by atoms with Crippen molar-refractivity contribution in [2.45, 2.75) is 37.4 Å². The van der Waals surface area contributed by atoms with Crippen LogP contribution in [0.3, 0.4) is 0 Å². The minimum absolute atomic E-state index is 0.153. The summed E-state index contributed by atoms with van der Waals surface area (Å²) in [6, 6.07) is 6.30. The molecule has 26 heavy (non-hydrogen) atoms. The Morgan fingerprint density at radius 2 is 1.77 bits per heavy atom. The highest BCUT2D eigenvalue weighted by Gasteiger charge is 2.42. The maximum atomic E-state index is 13.0. The van der Waals surface area contributed by atoms with Gasteiger partial charge in [0.2, 0.25) is 10.0 Å². The molecule has 0 atom stereocenters. The number of hydrogen-bond donors (Lipinski definition) is 0. The fraction of sp³-hybridized carbons (Fsp3) is 0.611. The summed E-state index contributed by atoms with van der Waals surface area (Å²) in [6.07, 6.45) is 1.04. The molecular weight excluding hydrogens is 356 g/mol. The molecule has 8 heteroatoms. The SMILES string of the molecule is CCN(CC)C(=O)c1cccc(S(=O)(=O)N2CCC3(CC2)OCCO3)c1. The van der Waals surface area contributed by atoms with E-state index < -0.39 is 15.8 Å². The molecule has 2 aliphatic rings. The molecule has 0 unspecified atom stereocenters. The summed E-state index contributed by atoms with van der Waals surface area (Å²) in [5, 5.41) is 0. The fourth-order valence-electron chi connectivity index (χ4n) is 3.48. The van der Waals surface area contributed by atoms with E-state index in [4.69, 9.17) is 9.47 Å². The fourth-order valence-corrected chi connectivity index (χ4v) is 4.97. The zero-order valence-corrected chi connectivity index (χ0v) is 16.1. The average molecular weight is 382 g/mol. The van der Waals surface area contributed by atoms with Crippen molar-refractivity contribution >= 4 is 15.9 Å². The second-order valence-corrected chi connectivity index (χ2v) is 8.45. The van der Waals surface area contributed by atoms with Crippen molar-refractivity contribution in [2.75, 3.05) is 39.4 Å². The molecule has 0 aromatic heterocycles. The lowest BCUT2D eigenvalue weighted by atomic mass is 10.1. The van der Waals surface area contributed by atoms with E-state index in [1.807, 2.05) is 13.8 Å². The van der Waals surface area contributed by atoms with Crippen LogP contribution in [0.2, 0.25) is 0 Å². The zero-order valence-electron chi connectivity index (χ0n) is 15.3. The Labute approximate surface area is 154 Å². The van der Waals surface area contributed by atoms with Gasteiger partial charge in [0, 0.05) is 44.6 Å². The lowest BCUT2D eigenvalue weighted by molar-refractivity contribution is -0.179. The largest absolute Gasteiger partial charge is 0.347 e. The van der Waals surface area contributed by atoms with Gasteiger partial charge in [0.25, 0.3) is 5.91 Å². The van der Waals surface area contributed by atoms with Crippen LogP contribution in [0.5, 0.6) is 0 Å². The molecule has 2 aliphatic heterocycles. The predicted molar refractivity (Wildman–Crippen MR) is 96.3 cm³/mol. The van der Waals surface area contributed by atoms with E-state index in [0.717, 1.165) is 0 Å². The van der Waals surface area contributed by atoms with Crippen LogP contribution in [0.25, 0.3) is 0 Å². The minimum atomic E-state index is -3.65. The van der Waals surface area contributed by atoms with Gasteiger partial charge in [0.1, 0.15) is 0 Å². The number of sulfonamides is 1. The van der Waals surface area contributed by atoms with Gasteiger partial charge in [-0.2, -0.15) is 4.31 Å². The van der Waals surface area contributed by atoms with Gasteiger partial charge < -0.3 is 14.4 Å². The monoisotopic (exact) mass is 382 g/mol. The quantitative estimate of drug-likeness (QED) is 0.775. The number of carbonyl (C=O) groups is 1. The van der Waals surface area contributed by atoms with Crippen molar-refractivity contribution in [3.05, 3.63) is 29.8 Å². The minimum Gasteiger partial charge on any atom is -0.347 e. The molecule has 0 radical (unpaired) electrons. The number of ether oxygens (including phenoxy) is 2. The highest BCUT2D eigenvalue weighted by atomic mass is 32.2. The standard InChI is InChI=1S/C18H26N2O5S/c1-3-19(4-2)17(21)15-6-5-7-16(14-15)26(22,23)20-10-8-18(9-11-20)24-12-13-25-18/h5-7,14H,3-4,8-13H2,1-2H3. The van der Waals surface area contributed by atoms with Crippen molar-refractivity contribution in [1.29, 1.82) is 0 Å². The van der Waals surface area contributed by atoms with Crippen LogP contribution < -0.4 is 0 Å². The topological polar surface area (TPSA) is 76.2 Å². The lowest BCUT2D eigenvalue weighted by Crippen LogP contribution is -2.47. The summed E-state index contributed by atoms with van der Waals surface area (Å²) in [5.74, 6) is -0.774. The van der Waals surface area contributed by atoms with Gasteiger partial charge in [-0.05, 0) is 32.0 Å². The first-order chi connectivity index (χ1) is 12.4. The van der Waals surface area contributed by atoms with Crippen molar-refractivity contribution in [2.24, 2.45) is 0 Å². The van der Waals surface area contributed by atoms with Crippen molar-refractivity contribution in [3.8, 4) is 0 Å². The molecule has 3 rings (SSSR count). The summed E-state index contributed by atoms with van der Waals surface area (Å²) in [7, 11) is -3.65. The highest BCUT2D eigenvalue weighted by Crippen LogP contribution is 2.33. The molecule has 0 N–H and O–H groups in total. The highest BCUT2D eigenvalue weighted by molar-refractivity contribution is 7.89. The van der Waals surface area contributed by atoms with Gasteiger partial charge in [-0.25, -0.2) is 8.42 Å². The number of piperidine rings is 1. The number of rotatable bonds is 5. The molecule has 1 aromatic carbocycles. The molecular formula is C18H26N2O5S. The normalized spacial score (nSPS) is 20.4. The first-order valence-electron chi connectivity index (χ1n) is 9.09. The van der Waals surface area contributed by atoms with E-state index in [1.54, 1.807) is 23.1 Å². The lowest BCUT2D eigenvalue weighted by Gasteiger charge is -2.36. The van der Waals surface area contributed by atoms with E-state index >= 15 is 0 Å². The number of hydrogen-bond acceptors (Lipinski definition) is 5. The van der Waals surface area contributed by atoms with Gasteiger partial charge in [-0.15, -0.1) is 0 Å². The molecule has 0 bridgehead atoms. The number of amides is 1. The summed E-state index contributed by atoms with van der Waals surface area (Å²) >= 11 is 0. The van der Waals surface area contributed by atoms with Gasteiger partial charge >= 0.3 is 0 Å². The van der Waals surface area contributed by atoms with Crippen LogP contribution in [-0.2, 0) is 19.5 Å². The Bertz CT molecular complexity index is 745. The Morgan fingerprint density at radius 3 is 2.35 bits per heavy atom. The Balaban J connectivity index is 1.77. The van der Waals surface area contributed by atoms with Crippen LogP contribution >= 0.6 is 0 Å². The molecule has 2 saturated heterocycles. The van der Waals surface area contributed by atoms with Crippen molar-refractivity contribution < 1.29 is 22.7 Å². The maximum absolute atomic E-state index is 13.0. The summed E-state index contributed by atoms with van der Waals surface area (Å²) < 4.78 is 38.7. The van der Waals surface area contributed by atoms with Crippen LogP contribution in [0.4, 0.5) is 0 Å². The first kappa shape index (κ1) is 19.3. The second kappa shape index (κ2) is 7.64. The molecule has 144 valence electrons.